The molecule has 1 aromatic carbocycles. The van der Waals surface area contributed by atoms with Gasteiger partial charge in [-0.15, -0.1) is 0 Å². The Morgan fingerprint density at radius 1 is 1.19 bits per heavy atom. The fourth-order valence-electron chi connectivity index (χ4n) is 2.37. The fraction of sp³-hybridized carbons (Fsp3) is 0.417. The third-order valence-corrected chi connectivity index (χ3v) is 3.67. The zero-order valence-corrected chi connectivity index (χ0v) is 9.36. The number of hydrogen-bond acceptors (Lipinski definition) is 1. The molecule has 0 amide bonds. The quantitative estimate of drug-likeness (QED) is 0.728. The second-order valence-corrected chi connectivity index (χ2v) is 4.54. The van der Waals surface area contributed by atoms with E-state index >= 15 is 0 Å². The van der Waals surface area contributed by atoms with Gasteiger partial charge >= 0.3 is 0 Å². The topological polar surface area (TPSA) is 17.1 Å². The van der Waals surface area contributed by atoms with Gasteiger partial charge in [0.1, 0.15) is 0 Å². The summed E-state index contributed by atoms with van der Waals surface area (Å²) >= 11 is 5.61. The van der Waals surface area contributed by atoms with Gasteiger partial charge < -0.3 is 0 Å². The first kappa shape index (κ1) is 11.5. The highest BCUT2D eigenvalue weighted by Crippen LogP contribution is 2.43. The summed E-state index contributed by atoms with van der Waals surface area (Å²) in [4.78, 5) is 11.5. The van der Waals surface area contributed by atoms with E-state index in [1.807, 2.05) is 0 Å². The third kappa shape index (κ3) is 1.73. The average molecular weight is 245 g/mol. The molecule has 1 nitrogen and oxygen atoms in total. The Hall–Kier alpha value is -0.960. The van der Waals surface area contributed by atoms with Gasteiger partial charge in [-0.1, -0.05) is 18.9 Å². The van der Waals surface area contributed by atoms with Gasteiger partial charge in [-0.3, -0.25) is 4.79 Å². The minimum Gasteiger partial charge on any atom is -0.280 e. The molecule has 4 heteroatoms. The van der Waals surface area contributed by atoms with Crippen LogP contribution in [0.1, 0.15) is 31.2 Å². The second kappa shape index (κ2) is 4.13. The van der Waals surface area contributed by atoms with Crippen molar-refractivity contribution in [1.82, 2.24) is 0 Å². The van der Waals surface area contributed by atoms with Gasteiger partial charge in [0.25, 0.3) is 0 Å². The third-order valence-electron chi connectivity index (χ3n) is 3.31. The lowest BCUT2D eigenvalue weighted by molar-refractivity contribution is -0.116. The summed E-state index contributed by atoms with van der Waals surface area (Å²) in [6.07, 6.45) is 3.00. The van der Waals surface area contributed by atoms with Crippen LogP contribution in [0.5, 0.6) is 0 Å². The summed E-state index contributed by atoms with van der Waals surface area (Å²) in [6.45, 7) is 0. The summed E-state index contributed by atoms with van der Waals surface area (Å²) in [5, 5.41) is -0.476. The number of hydrogen-bond donors (Lipinski definition) is 0. The lowest BCUT2D eigenvalue weighted by atomic mass is 9.80. The number of rotatable bonds is 2. The van der Waals surface area contributed by atoms with Crippen LogP contribution in [0.2, 0.25) is 0 Å². The maximum atomic E-state index is 13.1. The van der Waals surface area contributed by atoms with Crippen molar-refractivity contribution in [2.24, 2.45) is 0 Å². The molecule has 0 saturated heterocycles. The van der Waals surface area contributed by atoms with Crippen molar-refractivity contribution >= 4 is 16.8 Å². The molecular formula is C12H11ClF2O. The van der Waals surface area contributed by atoms with Crippen molar-refractivity contribution in [2.75, 3.05) is 0 Å². The standard InChI is InChI=1S/C12H11ClF2O/c13-11(16)12(5-1-2-6-12)8-3-4-9(14)10(15)7-8/h3-4,7H,1-2,5-6H2. The molecule has 0 heterocycles. The van der Waals surface area contributed by atoms with E-state index in [-0.39, 0.29) is 0 Å². The average Bonchev–Trinajstić information content (AvgIpc) is 2.72. The van der Waals surface area contributed by atoms with Crippen LogP contribution in [0.15, 0.2) is 18.2 Å². The summed E-state index contributed by atoms with van der Waals surface area (Å²) in [5.74, 6) is -1.83. The smallest absolute Gasteiger partial charge is 0.232 e. The van der Waals surface area contributed by atoms with E-state index in [0.29, 0.717) is 18.4 Å². The van der Waals surface area contributed by atoms with Crippen LogP contribution in [0.25, 0.3) is 0 Å². The van der Waals surface area contributed by atoms with Crippen LogP contribution < -0.4 is 0 Å². The molecule has 16 heavy (non-hydrogen) atoms. The minimum atomic E-state index is -0.929. The van der Waals surface area contributed by atoms with Gasteiger partial charge in [0.05, 0.1) is 5.41 Å². The predicted molar refractivity (Wildman–Crippen MR) is 57.4 cm³/mol. The van der Waals surface area contributed by atoms with Gasteiger partial charge in [-0.25, -0.2) is 8.78 Å². The van der Waals surface area contributed by atoms with Crippen molar-refractivity contribution in [2.45, 2.75) is 31.1 Å². The first-order valence-electron chi connectivity index (χ1n) is 5.22. The number of benzene rings is 1. The molecular weight excluding hydrogens is 234 g/mol. The highest BCUT2D eigenvalue weighted by Gasteiger charge is 2.41. The molecule has 1 aliphatic carbocycles. The molecule has 1 fully saturated rings. The van der Waals surface area contributed by atoms with Crippen LogP contribution in [-0.4, -0.2) is 5.24 Å². The van der Waals surface area contributed by atoms with Crippen molar-refractivity contribution < 1.29 is 13.6 Å². The Balaban J connectivity index is 2.47. The molecule has 0 aliphatic heterocycles. The van der Waals surface area contributed by atoms with E-state index in [9.17, 15) is 13.6 Å². The van der Waals surface area contributed by atoms with E-state index in [0.717, 1.165) is 25.0 Å². The Morgan fingerprint density at radius 3 is 2.31 bits per heavy atom. The first-order chi connectivity index (χ1) is 7.56. The number of halogens is 3. The Bertz CT molecular complexity index is 425. The van der Waals surface area contributed by atoms with Gasteiger partial charge in [0, 0.05) is 0 Å². The number of carbonyl (C=O) groups excluding carboxylic acids is 1. The molecule has 0 N–H and O–H groups in total. The van der Waals surface area contributed by atoms with Crippen molar-refractivity contribution in [3.05, 3.63) is 35.4 Å². The van der Waals surface area contributed by atoms with Gasteiger partial charge in [0.2, 0.25) is 5.24 Å². The maximum absolute atomic E-state index is 13.1. The molecule has 0 unspecified atom stereocenters. The molecule has 0 radical (unpaired) electrons. The lowest BCUT2D eigenvalue weighted by Crippen LogP contribution is -2.29. The molecule has 0 atom stereocenters. The molecule has 1 aliphatic rings. The van der Waals surface area contributed by atoms with Crippen molar-refractivity contribution in [3.63, 3.8) is 0 Å². The highest BCUT2D eigenvalue weighted by molar-refractivity contribution is 6.65. The fourth-order valence-corrected chi connectivity index (χ4v) is 2.67. The second-order valence-electron chi connectivity index (χ2n) is 4.19. The molecule has 0 spiro atoms. The predicted octanol–water partition coefficient (Wildman–Crippen LogP) is 3.54. The molecule has 1 saturated carbocycles. The molecule has 0 bridgehead atoms. The van der Waals surface area contributed by atoms with Crippen LogP contribution in [-0.2, 0) is 10.2 Å². The van der Waals surface area contributed by atoms with Crippen LogP contribution in [0.4, 0.5) is 8.78 Å². The SMILES string of the molecule is O=C(Cl)C1(c2ccc(F)c(F)c2)CCCC1. The minimum absolute atomic E-state index is 0.476. The maximum Gasteiger partial charge on any atom is 0.232 e. The number of carbonyl (C=O) groups is 1. The molecule has 0 aromatic heterocycles. The zero-order chi connectivity index (χ0) is 11.8. The van der Waals surface area contributed by atoms with Crippen molar-refractivity contribution in [1.29, 1.82) is 0 Å². The zero-order valence-electron chi connectivity index (χ0n) is 8.60. The Morgan fingerprint density at radius 2 is 1.81 bits per heavy atom. The van der Waals surface area contributed by atoms with E-state index in [1.165, 1.54) is 6.07 Å². The summed E-state index contributed by atoms with van der Waals surface area (Å²) in [6, 6.07) is 3.58. The molecule has 2 rings (SSSR count). The first-order valence-corrected chi connectivity index (χ1v) is 5.59. The van der Waals surface area contributed by atoms with Gasteiger partial charge in [0.15, 0.2) is 11.6 Å². The molecule has 86 valence electrons. The Kier molecular flexibility index (Phi) is 2.98. The van der Waals surface area contributed by atoms with Gasteiger partial charge in [-0.2, -0.15) is 0 Å². The highest BCUT2D eigenvalue weighted by atomic mass is 35.5. The van der Waals surface area contributed by atoms with E-state index in [4.69, 9.17) is 11.6 Å². The van der Waals surface area contributed by atoms with Crippen LogP contribution in [0.3, 0.4) is 0 Å². The van der Waals surface area contributed by atoms with Gasteiger partial charge in [-0.05, 0) is 42.1 Å². The molecule has 1 aromatic rings. The summed E-state index contributed by atoms with van der Waals surface area (Å²) < 4.78 is 26.0. The van der Waals surface area contributed by atoms with Crippen molar-refractivity contribution in [3.8, 4) is 0 Å². The largest absolute Gasteiger partial charge is 0.280 e. The van der Waals surface area contributed by atoms with E-state index in [1.54, 1.807) is 0 Å². The summed E-state index contributed by atoms with van der Waals surface area (Å²) in [7, 11) is 0. The summed E-state index contributed by atoms with van der Waals surface area (Å²) in [5.41, 5.74) is -0.320. The monoisotopic (exact) mass is 244 g/mol. The van der Waals surface area contributed by atoms with E-state index in [2.05, 4.69) is 0 Å². The van der Waals surface area contributed by atoms with Crippen LogP contribution in [0, 0.1) is 11.6 Å². The normalized spacial score (nSPS) is 18.7. The lowest BCUT2D eigenvalue weighted by Gasteiger charge is -2.24. The Labute approximate surface area is 97.4 Å². The van der Waals surface area contributed by atoms with E-state index < -0.39 is 22.3 Å². The van der Waals surface area contributed by atoms with Crippen LogP contribution >= 0.6 is 11.6 Å².